The molecule has 0 saturated heterocycles. The highest BCUT2D eigenvalue weighted by Crippen LogP contribution is 2.53. The van der Waals surface area contributed by atoms with Gasteiger partial charge in [-0.1, -0.05) is 150 Å². The largest absolute Gasteiger partial charge is 0.486 e. The van der Waals surface area contributed by atoms with Gasteiger partial charge in [0.15, 0.2) is 11.5 Å². The number of furan rings is 1. The maximum atomic E-state index is 6.84. The van der Waals surface area contributed by atoms with Crippen molar-refractivity contribution in [1.82, 2.24) is 0 Å². The van der Waals surface area contributed by atoms with Crippen LogP contribution < -0.4 is 40.6 Å². The van der Waals surface area contributed by atoms with Gasteiger partial charge in [-0.2, -0.15) is 0 Å². The summed E-state index contributed by atoms with van der Waals surface area (Å²) < 4.78 is 19.7. The summed E-state index contributed by atoms with van der Waals surface area (Å²) in [5, 5.41) is 1.07. The summed E-state index contributed by atoms with van der Waals surface area (Å²) in [6.45, 7) is 14.8. The number of benzene rings is 10. The molecule has 382 valence electrons. The molecule has 4 aliphatic rings. The molecule has 0 spiro atoms. The molecule has 4 heterocycles. The Morgan fingerprint density at radius 2 is 1.20 bits per heavy atom. The van der Waals surface area contributed by atoms with Crippen LogP contribution in [0.2, 0.25) is 0 Å². The van der Waals surface area contributed by atoms with E-state index >= 15 is 0 Å². The van der Waals surface area contributed by atoms with E-state index in [1.165, 1.54) is 44.2 Å². The first-order valence-electron chi connectivity index (χ1n) is 27.7. The third kappa shape index (κ3) is 7.47. The van der Waals surface area contributed by atoms with E-state index in [1.54, 1.807) is 0 Å². The quantitative estimate of drug-likeness (QED) is 0.148. The van der Waals surface area contributed by atoms with Crippen LogP contribution in [0.1, 0.15) is 56.9 Å². The molecule has 0 amide bonds. The number of para-hydroxylation sites is 4. The first kappa shape index (κ1) is 47.1. The fourth-order valence-corrected chi connectivity index (χ4v) is 13.2. The fraction of sp³-hybridized carbons (Fsp3) is 0.139. The van der Waals surface area contributed by atoms with Crippen LogP contribution in [-0.2, 0) is 10.8 Å². The molecule has 0 bridgehead atoms. The minimum Gasteiger partial charge on any atom is -0.486 e. The average molecular weight is 1020 g/mol. The summed E-state index contributed by atoms with van der Waals surface area (Å²) in [5.74, 6) is 2.34. The maximum Gasteiger partial charge on any atom is 0.252 e. The highest BCUT2D eigenvalue weighted by atomic mass is 16.6. The molecule has 7 heteroatoms. The van der Waals surface area contributed by atoms with Gasteiger partial charge in [0, 0.05) is 61.9 Å². The predicted molar refractivity (Wildman–Crippen MR) is 328 cm³/mol. The molecule has 0 fully saturated rings. The Morgan fingerprint density at radius 1 is 0.494 bits per heavy atom. The molecular weight excluding hydrogens is 966 g/mol. The van der Waals surface area contributed by atoms with E-state index in [-0.39, 0.29) is 17.5 Å². The van der Waals surface area contributed by atoms with Gasteiger partial charge >= 0.3 is 0 Å². The lowest BCUT2D eigenvalue weighted by Crippen LogP contribution is -2.61. The lowest BCUT2D eigenvalue weighted by atomic mass is 9.33. The van der Waals surface area contributed by atoms with Crippen molar-refractivity contribution < 1.29 is 13.9 Å². The van der Waals surface area contributed by atoms with Gasteiger partial charge in [-0.25, -0.2) is 0 Å². The summed E-state index contributed by atoms with van der Waals surface area (Å²) in [7, 11) is 0. The van der Waals surface area contributed by atoms with Gasteiger partial charge in [-0.15, -0.1) is 0 Å². The van der Waals surface area contributed by atoms with Crippen LogP contribution in [0.3, 0.4) is 0 Å². The first-order chi connectivity index (χ1) is 38.5. The molecule has 1 aliphatic carbocycles. The zero-order valence-corrected chi connectivity index (χ0v) is 45.3. The first-order valence-corrected chi connectivity index (χ1v) is 27.7. The van der Waals surface area contributed by atoms with Crippen molar-refractivity contribution in [2.45, 2.75) is 52.4 Å². The van der Waals surface area contributed by atoms with Gasteiger partial charge in [-0.3, -0.25) is 0 Å². The maximum absolute atomic E-state index is 6.84. The van der Waals surface area contributed by atoms with Gasteiger partial charge in [0.25, 0.3) is 6.71 Å². The number of anilines is 9. The van der Waals surface area contributed by atoms with Crippen molar-refractivity contribution in [3.63, 3.8) is 0 Å². The number of rotatable bonds is 7. The van der Waals surface area contributed by atoms with Crippen LogP contribution in [-0.4, -0.2) is 19.9 Å². The van der Waals surface area contributed by atoms with Crippen LogP contribution in [0.5, 0.6) is 11.5 Å². The summed E-state index contributed by atoms with van der Waals surface area (Å²) >= 11 is 0. The van der Waals surface area contributed by atoms with Crippen LogP contribution in [0.15, 0.2) is 223 Å². The fourth-order valence-electron chi connectivity index (χ4n) is 13.2. The predicted octanol–water partition coefficient (Wildman–Crippen LogP) is 17.0. The second-order valence-electron chi connectivity index (χ2n) is 23.2. The SMILES string of the molecule is Cc1cc2c3c(c1)N(c1cccc4c1OCCO4)c1ccc(C(C)(C)C)cc1B3c1ccc(N(c3ccccc3)c3ccccc3)cc1N2c1cc(-c2ccc3c(c2)C(C)(C)c2ccccc2-3)cc(-c2cc3ccccc3o2)c1. The number of aryl methyl sites for hydroxylation is 1. The number of hydrogen-bond acceptors (Lipinski definition) is 6. The molecule has 10 aromatic carbocycles. The average Bonchev–Trinajstić information content (AvgIpc) is 4.14. The summed E-state index contributed by atoms with van der Waals surface area (Å²) in [5.41, 5.74) is 24.9. The van der Waals surface area contributed by atoms with E-state index in [9.17, 15) is 0 Å². The summed E-state index contributed by atoms with van der Waals surface area (Å²) in [6.07, 6.45) is 0. The number of fused-ring (bicyclic) bond motifs is 9. The van der Waals surface area contributed by atoms with E-state index in [4.69, 9.17) is 13.9 Å². The minimum absolute atomic E-state index is 0.110. The van der Waals surface area contributed by atoms with Crippen LogP contribution in [0, 0.1) is 6.92 Å². The van der Waals surface area contributed by atoms with Gasteiger partial charge in [0.2, 0.25) is 0 Å². The molecule has 0 N–H and O–H groups in total. The molecule has 0 saturated carbocycles. The number of hydrogen-bond donors (Lipinski definition) is 0. The Labute approximate surface area is 462 Å². The second kappa shape index (κ2) is 17.7. The van der Waals surface area contributed by atoms with Gasteiger partial charge in [0.1, 0.15) is 24.6 Å². The number of ether oxygens (including phenoxy) is 2. The lowest BCUT2D eigenvalue weighted by molar-refractivity contribution is 0.172. The van der Waals surface area contributed by atoms with Crippen molar-refractivity contribution in [3.05, 3.63) is 241 Å². The molecule has 0 radical (unpaired) electrons. The minimum atomic E-state index is -0.174. The standard InChI is InChI=1S/C72H58BN3O3/c1-45-36-64-69-65(37-45)76(62-25-17-27-67-70(62)78-35-34-77-67)61-33-29-50(71(2,3)4)43-60(61)73(69)59-32-30-53(74(51-19-9-7-10-20-51)52-21-11-8-12-22-52)44-63(59)75(64)54-39-48(38-49(40-54)68-42-47-18-13-16-26-66(47)79-68)46-28-31-56-55-23-14-15-24-57(55)72(5,6)58(56)41-46/h7-33,36-44H,34-35H2,1-6H3. The molecule has 3 aliphatic heterocycles. The van der Waals surface area contributed by atoms with Crippen molar-refractivity contribution in [1.29, 1.82) is 0 Å². The third-order valence-electron chi connectivity index (χ3n) is 16.9. The molecule has 0 unspecified atom stereocenters. The van der Waals surface area contributed by atoms with Gasteiger partial charge in [-0.05, 0) is 176 Å². The topological polar surface area (TPSA) is 41.3 Å². The Balaban J connectivity index is 1.03. The van der Waals surface area contributed by atoms with E-state index in [0.717, 1.165) is 102 Å². The zero-order chi connectivity index (χ0) is 53.3. The Kier molecular flexibility index (Phi) is 10.5. The molecule has 15 rings (SSSR count). The van der Waals surface area contributed by atoms with E-state index < -0.39 is 0 Å². The van der Waals surface area contributed by atoms with E-state index in [2.05, 4.69) is 262 Å². The molecule has 1 aromatic heterocycles. The second-order valence-corrected chi connectivity index (χ2v) is 23.2. The number of nitrogens with zero attached hydrogens (tertiary/aromatic N) is 3. The van der Waals surface area contributed by atoms with Crippen molar-refractivity contribution >= 4 is 85.3 Å². The highest BCUT2D eigenvalue weighted by Gasteiger charge is 2.45. The Morgan fingerprint density at radius 3 is 1.99 bits per heavy atom. The zero-order valence-electron chi connectivity index (χ0n) is 45.3. The Hall–Kier alpha value is -9.20. The third-order valence-corrected chi connectivity index (χ3v) is 16.9. The van der Waals surface area contributed by atoms with E-state index in [1.807, 2.05) is 12.1 Å². The molecular formula is C72H58BN3O3. The van der Waals surface area contributed by atoms with Crippen molar-refractivity contribution in [3.8, 4) is 45.1 Å². The van der Waals surface area contributed by atoms with Gasteiger partial charge in [0.05, 0.1) is 5.69 Å². The summed E-state index contributed by atoms with van der Waals surface area (Å²) in [4.78, 5) is 7.38. The molecule has 6 nitrogen and oxygen atoms in total. The molecule has 79 heavy (non-hydrogen) atoms. The highest BCUT2D eigenvalue weighted by molar-refractivity contribution is 7.00. The smallest absolute Gasteiger partial charge is 0.252 e. The van der Waals surface area contributed by atoms with Gasteiger partial charge < -0.3 is 28.6 Å². The normalized spacial score (nSPS) is 14.3. The van der Waals surface area contributed by atoms with Crippen molar-refractivity contribution in [2.24, 2.45) is 0 Å². The monoisotopic (exact) mass is 1020 g/mol. The van der Waals surface area contributed by atoms with Crippen molar-refractivity contribution in [2.75, 3.05) is 27.9 Å². The molecule has 11 aromatic rings. The van der Waals surface area contributed by atoms with Crippen LogP contribution >= 0.6 is 0 Å². The van der Waals surface area contributed by atoms with Crippen LogP contribution in [0.25, 0.3) is 44.5 Å². The summed E-state index contributed by atoms with van der Waals surface area (Å²) in [6, 6.07) is 80.5. The lowest BCUT2D eigenvalue weighted by Gasteiger charge is -2.45. The van der Waals surface area contributed by atoms with E-state index in [0.29, 0.717) is 13.2 Å². The van der Waals surface area contributed by atoms with Crippen LogP contribution in [0.4, 0.5) is 51.2 Å². The Bertz CT molecular complexity index is 4200. The molecule has 0 atom stereocenters.